The maximum absolute atomic E-state index is 12.1. The summed E-state index contributed by atoms with van der Waals surface area (Å²) < 4.78 is 0. The minimum absolute atomic E-state index is 0.0564. The maximum Gasteiger partial charge on any atom is 0.254 e. The first-order valence-electron chi connectivity index (χ1n) is 6.20. The molecular weight excluding hydrogens is 297 g/mol. The molecule has 1 aromatic heterocycles. The van der Waals surface area contributed by atoms with Crippen molar-refractivity contribution in [3.8, 4) is 0 Å². The fourth-order valence-electron chi connectivity index (χ4n) is 2.37. The molecule has 1 N–H and O–H groups in total. The van der Waals surface area contributed by atoms with Crippen molar-refractivity contribution in [1.29, 1.82) is 0 Å². The van der Waals surface area contributed by atoms with Gasteiger partial charge < -0.3 is 5.32 Å². The number of hydrogen-bond donors (Lipinski definition) is 1. The van der Waals surface area contributed by atoms with Crippen molar-refractivity contribution in [2.75, 3.05) is 6.54 Å². The summed E-state index contributed by atoms with van der Waals surface area (Å²) in [5.74, 6) is 0.0791. The van der Waals surface area contributed by atoms with E-state index in [-0.39, 0.29) is 21.8 Å². The van der Waals surface area contributed by atoms with Crippen LogP contribution < -0.4 is 5.32 Å². The summed E-state index contributed by atoms with van der Waals surface area (Å²) in [6.07, 6.45) is 0.986. The largest absolute Gasteiger partial charge is 0.351 e. The highest BCUT2D eigenvalue weighted by Gasteiger charge is 2.26. The predicted molar refractivity (Wildman–Crippen MR) is 77.3 cm³/mol. The van der Waals surface area contributed by atoms with Crippen LogP contribution in [0.15, 0.2) is 30.3 Å². The number of rotatable bonds is 3. The van der Waals surface area contributed by atoms with Gasteiger partial charge in [-0.05, 0) is 23.6 Å². The lowest BCUT2D eigenvalue weighted by Gasteiger charge is -2.30. The van der Waals surface area contributed by atoms with E-state index in [2.05, 4.69) is 27.6 Å². The highest BCUT2D eigenvalue weighted by atomic mass is 35.5. The Balaban J connectivity index is 1.65. The molecule has 6 heteroatoms. The van der Waals surface area contributed by atoms with Crippen LogP contribution in [0.25, 0.3) is 0 Å². The molecule has 0 bridgehead atoms. The van der Waals surface area contributed by atoms with Gasteiger partial charge in [-0.3, -0.25) is 4.79 Å². The first kappa shape index (κ1) is 13.3. The van der Waals surface area contributed by atoms with Gasteiger partial charge in [0, 0.05) is 12.5 Å². The number of halogens is 2. The normalized spacial score (nSPS) is 16.2. The molecule has 1 atom stereocenters. The quantitative estimate of drug-likeness (QED) is 0.948. The van der Waals surface area contributed by atoms with E-state index in [4.69, 9.17) is 23.2 Å². The molecule has 0 fully saturated rings. The van der Waals surface area contributed by atoms with Gasteiger partial charge >= 0.3 is 0 Å². The number of fused-ring (bicyclic) bond motifs is 1. The molecular formula is C14H11Cl2N3O. The van der Waals surface area contributed by atoms with Gasteiger partial charge in [-0.2, -0.15) is 0 Å². The molecule has 1 amide bonds. The van der Waals surface area contributed by atoms with E-state index < -0.39 is 0 Å². The predicted octanol–water partition coefficient (Wildman–Crippen LogP) is 2.85. The molecule has 1 aliphatic carbocycles. The van der Waals surface area contributed by atoms with Crippen LogP contribution in [0.2, 0.25) is 10.3 Å². The van der Waals surface area contributed by atoms with E-state index in [1.54, 1.807) is 0 Å². The van der Waals surface area contributed by atoms with Gasteiger partial charge in [0.2, 0.25) is 0 Å². The number of hydrogen-bond acceptors (Lipinski definition) is 3. The van der Waals surface area contributed by atoms with Crippen LogP contribution in [0.3, 0.4) is 0 Å². The molecule has 3 rings (SSSR count). The molecule has 0 spiro atoms. The van der Waals surface area contributed by atoms with Gasteiger partial charge in [0.15, 0.2) is 10.3 Å². The lowest BCUT2D eigenvalue weighted by Crippen LogP contribution is -2.33. The smallest absolute Gasteiger partial charge is 0.254 e. The Morgan fingerprint density at radius 3 is 2.90 bits per heavy atom. The minimum atomic E-state index is -0.281. The first-order chi connectivity index (χ1) is 9.65. The number of amides is 1. The Morgan fingerprint density at radius 2 is 2.10 bits per heavy atom. The van der Waals surface area contributed by atoms with Crippen LogP contribution in [-0.2, 0) is 6.42 Å². The second kappa shape index (κ2) is 5.38. The number of nitrogens with one attached hydrogen (secondary N) is 1. The number of benzene rings is 1. The van der Waals surface area contributed by atoms with Crippen molar-refractivity contribution in [1.82, 2.24) is 15.5 Å². The summed E-state index contributed by atoms with van der Waals surface area (Å²) in [6, 6.07) is 9.65. The van der Waals surface area contributed by atoms with Gasteiger partial charge in [0.1, 0.15) is 0 Å². The maximum atomic E-state index is 12.1. The average molecular weight is 308 g/mol. The SMILES string of the molecule is O=C(NCC1Cc2ccccc21)c1cc(Cl)nnc1Cl. The molecule has 0 radical (unpaired) electrons. The monoisotopic (exact) mass is 307 g/mol. The summed E-state index contributed by atoms with van der Waals surface area (Å²) in [7, 11) is 0. The summed E-state index contributed by atoms with van der Waals surface area (Å²) in [6.45, 7) is 0.576. The first-order valence-corrected chi connectivity index (χ1v) is 6.95. The van der Waals surface area contributed by atoms with E-state index in [9.17, 15) is 4.79 Å². The van der Waals surface area contributed by atoms with Crippen LogP contribution in [0.4, 0.5) is 0 Å². The minimum Gasteiger partial charge on any atom is -0.351 e. The Morgan fingerprint density at radius 1 is 1.30 bits per heavy atom. The number of aromatic nitrogens is 2. The molecule has 102 valence electrons. The Hall–Kier alpha value is -1.65. The van der Waals surface area contributed by atoms with Crippen LogP contribution in [0.1, 0.15) is 27.4 Å². The van der Waals surface area contributed by atoms with E-state index in [0.29, 0.717) is 12.5 Å². The van der Waals surface area contributed by atoms with Crippen molar-refractivity contribution in [2.45, 2.75) is 12.3 Å². The van der Waals surface area contributed by atoms with Gasteiger partial charge in [0.05, 0.1) is 5.56 Å². The topological polar surface area (TPSA) is 54.9 Å². The molecule has 1 heterocycles. The second-order valence-corrected chi connectivity index (χ2v) is 5.43. The zero-order chi connectivity index (χ0) is 14.1. The Kier molecular flexibility index (Phi) is 3.59. The molecule has 2 aromatic rings. The van der Waals surface area contributed by atoms with Crippen LogP contribution >= 0.6 is 23.2 Å². The van der Waals surface area contributed by atoms with Crippen LogP contribution in [0.5, 0.6) is 0 Å². The molecule has 1 aromatic carbocycles. The Bertz CT molecular complexity index is 675. The van der Waals surface area contributed by atoms with Crippen LogP contribution in [-0.4, -0.2) is 22.6 Å². The number of carbonyl (C=O) groups excluding carboxylic acids is 1. The molecule has 1 aliphatic rings. The summed E-state index contributed by atoms with van der Waals surface area (Å²) in [5.41, 5.74) is 2.89. The van der Waals surface area contributed by atoms with Gasteiger partial charge in [-0.25, -0.2) is 0 Å². The summed E-state index contributed by atoms with van der Waals surface area (Å²) in [4.78, 5) is 12.1. The zero-order valence-electron chi connectivity index (χ0n) is 10.4. The molecule has 20 heavy (non-hydrogen) atoms. The van der Waals surface area contributed by atoms with Crippen molar-refractivity contribution in [3.63, 3.8) is 0 Å². The zero-order valence-corrected chi connectivity index (χ0v) is 11.9. The van der Waals surface area contributed by atoms with Gasteiger partial charge in [0.25, 0.3) is 5.91 Å². The van der Waals surface area contributed by atoms with Crippen molar-refractivity contribution in [2.24, 2.45) is 0 Å². The highest BCUT2D eigenvalue weighted by Crippen LogP contribution is 2.34. The third-order valence-corrected chi connectivity index (χ3v) is 3.90. The lowest BCUT2D eigenvalue weighted by molar-refractivity contribution is 0.0949. The van der Waals surface area contributed by atoms with Gasteiger partial charge in [-0.15, -0.1) is 10.2 Å². The van der Waals surface area contributed by atoms with Crippen molar-refractivity contribution >= 4 is 29.1 Å². The number of nitrogens with zero attached hydrogens (tertiary/aromatic N) is 2. The second-order valence-electron chi connectivity index (χ2n) is 4.68. The fourth-order valence-corrected chi connectivity index (χ4v) is 2.69. The summed E-state index contributed by atoms with van der Waals surface area (Å²) in [5, 5.41) is 10.3. The van der Waals surface area contributed by atoms with Crippen molar-refractivity contribution < 1.29 is 4.79 Å². The van der Waals surface area contributed by atoms with Crippen molar-refractivity contribution in [3.05, 3.63) is 57.3 Å². The van der Waals surface area contributed by atoms with Crippen LogP contribution in [0, 0.1) is 0 Å². The molecule has 1 unspecified atom stereocenters. The third-order valence-electron chi connectivity index (χ3n) is 3.43. The fraction of sp³-hybridized carbons (Fsp3) is 0.214. The Labute approximate surface area is 126 Å². The van der Waals surface area contributed by atoms with Gasteiger partial charge in [-0.1, -0.05) is 47.5 Å². The molecule has 0 saturated heterocycles. The number of carbonyl (C=O) groups is 1. The standard InChI is InChI=1S/C14H11Cl2N3O/c15-12-6-11(13(16)19-18-12)14(20)17-7-9-5-8-3-1-2-4-10(8)9/h1-4,6,9H,5,7H2,(H,17,20). The van der Waals surface area contributed by atoms with E-state index >= 15 is 0 Å². The molecule has 0 aliphatic heterocycles. The van der Waals surface area contributed by atoms with E-state index in [1.165, 1.54) is 17.2 Å². The summed E-state index contributed by atoms with van der Waals surface area (Å²) >= 11 is 11.6. The average Bonchev–Trinajstić information content (AvgIpc) is 2.42. The third kappa shape index (κ3) is 2.49. The van der Waals surface area contributed by atoms with E-state index in [1.807, 2.05) is 12.1 Å². The highest BCUT2D eigenvalue weighted by molar-refractivity contribution is 6.34. The lowest BCUT2D eigenvalue weighted by atomic mass is 9.77. The molecule has 4 nitrogen and oxygen atoms in total. The van der Waals surface area contributed by atoms with E-state index in [0.717, 1.165) is 6.42 Å². The molecule has 0 saturated carbocycles.